The monoisotopic (exact) mass is 677 g/mol. The maximum absolute atomic E-state index is 3.69. The third kappa shape index (κ3) is 4.60. The number of aromatic nitrogens is 3. The molecule has 11 aromatic rings. The molecule has 0 spiro atoms. The van der Waals surface area contributed by atoms with Crippen LogP contribution in [-0.4, -0.2) is 14.1 Å². The SMILES string of the molecule is Cc1ccc(-n2c3ccccc3c3cc(-c4ccc5[nH]c6ccc(-c7ccc8c(c7)c7ccccc7n8-c7ccc(C)cc7)cc6c5c4)ccc32)cc1. The second-order valence-electron chi connectivity index (χ2n) is 14.5. The second kappa shape index (κ2) is 11.3. The molecule has 3 aromatic heterocycles. The fourth-order valence-electron chi connectivity index (χ4n) is 8.51. The van der Waals surface area contributed by atoms with Gasteiger partial charge in [0.2, 0.25) is 0 Å². The average molecular weight is 678 g/mol. The quantitative estimate of drug-likeness (QED) is 0.192. The molecule has 0 aliphatic carbocycles. The van der Waals surface area contributed by atoms with Crippen molar-refractivity contribution in [2.75, 3.05) is 0 Å². The van der Waals surface area contributed by atoms with E-state index in [4.69, 9.17) is 0 Å². The second-order valence-corrected chi connectivity index (χ2v) is 14.5. The minimum absolute atomic E-state index is 1.15. The van der Waals surface area contributed by atoms with Gasteiger partial charge < -0.3 is 14.1 Å². The molecular weight excluding hydrogens is 643 g/mol. The Labute approximate surface area is 307 Å². The molecule has 0 amide bonds. The molecule has 11 rings (SSSR count). The number of hydrogen-bond acceptors (Lipinski definition) is 0. The van der Waals surface area contributed by atoms with Crippen LogP contribution >= 0.6 is 0 Å². The Balaban J connectivity index is 1.03. The molecular formula is C50H35N3. The van der Waals surface area contributed by atoms with E-state index < -0.39 is 0 Å². The van der Waals surface area contributed by atoms with Gasteiger partial charge in [0.05, 0.1) is 22.1 Å². The van der Waals surface area contributed by atoms with Crippen LogP contribution in [0.1, 0.15) is 11.1 Å². The van der Waals surface area contributed by atoms with Crippen LogP contribution in [0.2, 0.25) is 0 Å². The molecule has 250 valence electrons. The smallest absolute Gasteiger partial charge is 0.0541 e. The predicted molar refractivity (Wildman–Crippen MR) is 225 cm³/mol. The molecule has 1 N–H and O–H groups in total. The van der Waals surface area contributed by atoms with Gasteiger partial charge in [0, 0.05) is 54.7 Å². The Morgan fingerprint density at radius 3 is 1.11 bits per heavy atom. The van der Waals surface area contributed by atoms with E-state index in [1.807, 2.05) is 0 Å². The van der Waals surface area contributed by atoms with Gasteiger partial charge in [-0.1, -0.05) is 96.1 Å². The van der Waals surface area contributed by atoms with Gasteiger partial charge >= 0.3 is 0 Å². The number of benzene rings is 8. The largest absolute Gasteiger partial charge is 0.355 e. The zero-order valence-electron chi connectivity index (χ0n) is 29.6. The van der Waals surface area contributed by atoms with Crippen LogP contribution in [-0.2, 0) is 0 Å². The molecule has 0 unspecified atom stereocenters. The van der Waals surface area contributed by atoms with Gasteiger partial charge in [-0.3, -0.25) is 0 Å². The van der Waals surface area contributed by atoms with Crippen molar-refractivity contribution in [1.29, 1.82) is 0 Å². The number of hydrogen-bond donors (Lipinski definition) is 1. The Hall–Kier alpha value is -6.84. The average Bonchev–Trinajstić information content (AvgIpc) is 3.85. The summed E-state index contributed by atoms with van der Waals surface area (Å²) in [5, 5.41) is 7.53. The van der Waals surface area contributed by atoms with Gasteiger partial charge in [-0.25, -0.2) is 0 Å². The van der Waals surface area contributed by atoms with E-state index >= 15 is 0 Å². The summed E-state index contributed by atoms with van der Waals surface area (Å²) in [6.07, 6.45) is 0. The highest BCUT2D eigenvalue weighted by Gasteiger charge is 2.16. The van der Waals surface area contributed by atoms with E-state index in [1.54, 1.807) is 0 Å². The van der Waals surface area contributed by atoms with Crippen molar-refractivity contribution in [3.8, 4) is 33.6 Å². The van der Waals surface area contributed by atoms with E-state index in [1.165, 1.54) is 99.1 Å². The summed E-state index contributed by atoms with van der Waals surface area (Å²) in [5.74, 6) is 0. The number of rotatable bonds is 4. The van der Waals surface area contributed by atoms with E-state index in [0.29, 0.717) is 0 Å². The van der Waals surface area contributed by atoms with E-state index in [2.05, 4.69) is 198 Å². The van der Waals surface area contributed by atoms with Crippen LogP contribution in [0.4, 0.5) is 0 Å². The number of para-hydroxylation sites is 2. The predicted octanol–water partition coefficient (Wildman–Crippen LogP) is 13.5. The van der Waals surface area contributed by atoms with Crippen molar-refractivity contribution in [3.05, 3.63) is 181 Å². The Morgan fingerprint density at radius 2 is 0.679 bits per heavy atom. The summed E-state index contributed by atoms with van der Waals surface area (Å²) < 4.78 is 4.77. The van der Waals surface area contributed by atoms with Crippen LogP contribution in [0.3, 0.4) is 0 Å². The number of nitrogens with zero attached hydrogens (tertiary/aromatic N) is 2. The van der Waals surface area contributed by atoms with Crippen molar-refractivity contribution in [1.82, 2.24) is 14.1 Å². The number of aryl methyl sites for hydroxylation is 2. The van der Waals surface area contributed by atoms with Gasteiger partial charge in [-0.2, -0.15) is 0 Å². The van der Waals surface area contributed by atoms with Crippen LogP contribution in [0.15, 0.2) is 170 Å². The van der Waals surface area contributed by atoms with Crippen molar-refractivity contribution >= 4 is 65.4 Å². The molecule has 3 nitrogen and oxygen atoms in total. The standard InChI is InChI=1S/C50H35N3/c1-31-11-19-37(20-12-31)52-47-9-5-3-7-39(47)43-29-35(17-25-49(43)52)33-15-23-45-41(27-33)42-28-34(16-24-46(42)51-45)36-18-26-50-44(30-36)40-8-4-6-10-48(40)53(50)38-21-13-32(2)14-22-38/h3-30,51H,1-2H3. The van der Waals surface area contributed by atoms with Crippen molar-refractivity contribution < 1.29 is 0 Å². The Morgan fingerprint density at radius 1 is 0.321 bits per heavy atom. The van der Waals surface area contributed by atoms with E-state index in [-0.39, 0.29) is 0 Å². The highest BCUT2D eigenvalue weighted by molar-refractivity contribution is 6.13. The van der Waals surface area contributed by atoms with Crippen molar-refractivity contribution in [2.24, 2.45) is 0 Å². The van der Waals surface area contributed by atoms with Crippen LogP contribution in [0.25, 0.3) is 99.0 Å². The first-order valence-electron chi connectivity index (χ1n) is 18.3. The molecule has 3 heteroatoms. The molecule has 0 saturated heterocycles. The van der Waals surface area contributed by atoms with Crippen molar-refractivity contribution in [2.45, 2.75) is 13.8 Å². The molecule has 0 saturated carbocycles. The minimum Gasteiger partial charge on any atom is -0.355 e. The maximum Gasteiger partial charge on any atom is 0.0541 e. The molecule has 0 atom stereocenters. The van der Waals surface area contributed by atoms with E-state index in [0.717, 1.165) is 11.0 Å². The molecule has 53 heavy (non-hydrogen) atoms. The Kier molecular flexibility index (Phi) is 6.38. The highest BCUT2D eigenvalue weighted by atomic mass is 15.0. The lowest BCUT2D eigenvalue weighted by Crippen LogP contribution is -1.93. The zero-order valence-corrected chi connectivity index (χ0v) is 29.6. The highest BCUT2D eigenvalue weighted by Crippen LogP contribution is 2.39. The molecule has 0 aliphatic heterocycles. The number of fused-ring (bicyclic) bond motifs is 9. The lowest BCUT2D eigenvalue weighted by Gasteiger charge is -2.09. The summed E-state index contributed by atoms with van der Waals surface area (Å²) in [7, 11) is 0. The van der Waals surface area contributed by atoms with Crippen molar-refractivity contribution in [3.63, 3.8) is 0 Å². The molecule has 0 radical (unpaired) electrons. The van der Waals surface area contributed by atoms with Crippen LogP contribution in [0.5, 0.6) is 0 Å². The topological polar surface area (TPSA) is 25.6 Å². The van der Waals surface area contributed by atoms with Gasteiger partial charge in [0.25, 0.3) is 0 Å². The summed E-state index contributed by atoms with van der Waals surface area (Å²) in [4.78, 5) is 3.69. The summed E-state index contributed by atoms with van der Waals surface area (Å²) in [5.41, 5.74) is 16.9. The minimum atomic E-state index is 1.15. The first-order chi connectivity index (χ1) is 26.1. The molecule has 3 heterocycles. The summed E-state index contributed by atoms with van der Waals surface area (Å²) in [6.45, 7) is 4.28. The van der Waals surface area contributed by atoms with Gasteiger partial charge in [0.1, 0.15) is 0 Å². The van der Waals surface area contributed by atoms with Gasteiger partial charge in [-0.05, 0) is 121 Å². The molecule has 8 aromatic carbocycles. The summed E-state index contributed by atoms with van der Waals surface area (Å²) >= 11 is 0. The third-order valence-corrected chi connectivity index (χ3v) is 11.2. The van der Waals surface area contributed by atoms with E-state index in [9.17, 15) is 0 Å². The molecule has 0 bridgehead atoms. The lowest BCUT2D eigenvalue weighted by atomic mass is 9.98. The number of H-pyrrole nitrogens is 1. The van der Waals surface area contributed by atoms with Crippen LogP contribution < -0.4 is 0 Å². The first-order valence-corrected chi connectivity index (χ1v) is 18.3. The molecule has 0 aliphatic rings. The Bertz CT molecular complexity index is 3010. The zero-order chi connectivity index (χ0) is 35.2. The fraction of sp³-hybridized carbons (Fsp3) is 0.0400. The summed E-state index contributed by atoms with van der Waals surface area (Å²) in [6, 6.07) is 62.7. The fourth-order valence-corrected chi connectivity index (χ4v) is 8.51. The third-order valence-electron chi connectivity index (χ3n) is 11.2. The normalized spacial score (nSPS) is 12.0. The maximum atomic E-state index is 3.69. The van der Waals surface area contributed by atoms with Gasteiger partial charge in [-0.15, -0.1) is 0 Å². The lowest BCUT2D eigenvalue weighted by molar-refractivity contribution is 1.17. The number of aromatic amines is 1. The van der Waals surface area contributed by atoms with Crippen LogP contribution in [0, 0.1) is 13.8 Å². The first kappa shape index (κ1) is 29.8. The number of nitrogens with one attached hydrogen (secondary N) is 1. The van der Waals surface area contributed by atoms with Gasteiger partial charge in [0.15, 0.2) is 0 Å². The molecule has 0 fully saturated rings.